The first-order valence-corrected chi connectivity index (χ1v) is 10.4. The van der Waals surface area contributed by atoms with E-state index in [9.17, 15) is 25.0 Å². The van der Waals surface area contributed by atoms with Crippen molar-refractivity contribution >= 4 is 23.0 Å². The van der Waals surface area contributed by atoms with E-state index in [-0.39, 0.29) is 46.7 Å². The minimum absolute atomic E-state index is 0.0609. The number of amides is 1. The van der Waals surface area contributed by atoms with Gasteiger partial charge in [-0.1, -0.05) is 6.07 Å². The molecule has 1 amide bonds. The molecular formula is C24H18N4O8. The number of hydrogen-bond donors (Lipinski definition) is 1. The van der Waals surface area contributed by atoms with Crippen molar-refractivity contribution in [2.24, 2.45) is 0 Å². The highest BCUT2D eigenvalue weighted by Gasteiger charge is 2.18. The number of nitro groups is 2. The molecule has 0 aliphatic carbocycles. The molecule has 0 bridgehead atoms. The summed E-state index contributed by atoms with van der Waals surface area (Å²) in [5, 5.41) is 25.1. The van der Waals surface area contributed by atoms with Crippen LogP contribution in [0.15, 0.2) is 77.5 Å². The molecule has 0 atom stereocenters. The predicted octanol–water partition coefficient (Wildman–Crippen LogP) is 5.42. The van der Waals surface area contributed by atoms with E-state index >= 15 is 0 Å². The second-order valence-electron chi connectivity index (χ2n) is 7.50. The minimum Gasteiger partial charge on any atom is -0.479 e. The lowest BCUT2D eigenvalue weighted by molar-refractivity contribution is -0.386. The minimum atomic E-state index is -0.671. The number of nitrogens with one attached hydrogen (secondary N) is 1. The molecule has 0 fully saturated rings. The quantitative estimate of drug-likeness (QED) is 0.238. The summed E-state index contributed by atoms with van der Waals surface area (Å²) in [5.41, 5.74) is 0.341. The van der Waals surface area contributed by atoms with Crippen LogP contribution in [0.2, 0.25) is 0 Å². The predicted molar refractivity (Wildman–Crippen MR) is 126 cm³/mol. The van der Waals surface area contributed by atoms with Gasteiger partial charge in [-0.3, -0.25) is 30.0 Å². The van der Waals surface area contributed by atoms with Gasteiger partial charge >= 0.3 is 5.69 Å². The molecule has 0 aliphatic rings. The lowest BCUT2D eigenvalue weighted by Crippen LogP contribution is -2.11. The molecule has 182 valence electrons. The van der Waals surface area contributed by atoms with E-state index < -0.39 is 15.8 Å². The molecule has 36 heavy (non-hydrogen) atoms. The topological polar surface area (TPSA) is 160 Å². The maximum absolute atomic E-state index is 12.7. The molecule has 0 spiro atoms. The third-order valence-electron chi connectivity index (χ3n) is 4.80. The zero-order valence-corrected chi connectivity index (χ0v) is 18.7. The Balaban J connectivity index is 1.46. The lowest BCUT2D eigenvalue weighted by Gasteiger charge is -2.09. The van der Waals surface area contributed by atoms with E-state index in [2.05, 4.69) is 10.3 Å². The van der Waals surface area contributed by atoms with Gasteiger partial charge in [0.05, 0.1) is 27.8 Å². The molecular weight excluding hydrogens is 472 g/mol. The number of carbonyl (C=O) groups excluding carboxylic acids is 1. The number of ether oxygens (including phenoxy) is 2. The third kappa shape index (κ3) is 5.80. The Morgan fingerprint density at radius 3 is 2.58 bits per heavy atom. The van der Waals surface area contributed by atoms with Crippen molar-refractivity contribution in [3.63, 3.8) is 0 Å². The highest BCUT2D eigenvalue weighted by Crippen LogP contribution is 2.31. The van der Waals surface area contributed by atoms with E-state index in [1.807, 2.05) is 0 Å². The monoisotopic (exact) mass is 490 g/mol. The van der Waals surface area contributed by atoms with Crippen LogP contribution < -0.4 is 14.8 Å². The van der Waals surface area contributed by atoms with Gasteiger partial charge in [-0.05, 0) is 42.8 Å². The summed E-state index contributed by atoms with van der Waals surface area (Å²) in [6, 6.07) is 14.5. The second kappa shape index (κ2) is 10.3. The average molecular weight is 490 g/mol. The Morgan fingerprint density at radius 1 is 1.03 bits per heavy atom. The summed E-state index contributed by atoms with van der Waals surface area (Å²) in [5.74, 6) is 0.0320. The van der Waals surface area contributed by atoms with Crippen LogP contribution in [0.1, 0.15) is 21.9 Å². The van der Waals surface area contributed by atoms with Crippen molar-refractivity contribution < 1.29 is 28.5 Å². The lowest BCUT2D eigenvalue weighted by atomic mass is 10.2. The number of nitrogens with zero attached hydrogens (tertiary/aromatic N) is 3. The van der Waals surface area contributed by atoms with Crippen LogP contribution in [0.3, 0.4) is 0 Å². The Labute approximate surface area is 203 Å². The van der Waals surface area contributed by atoms with Gasteiger partial charge < -0.3 is 19.2 Å². The molecule has 0 aliphatic heterocycles. The molecule has 2 heterocycles. The molecule has 4 rings (SSSR count). The number of hydrogen-bond acceptors (Lipinski definition) is 9. The number of pyridine rings is 1. The fraction of sp³-hybridized carbons (Fsp3) is 0.0833. The summed E-state index contributed by atoms with van der Waals surface area (Å²) in [6.45, 7) is 1.57. The van der Waals surface area contributed by atoms with E-state index in [0.29, 0.717) is 11.3 Å². The molecule has 2 aromatic carbocycles. The molecule has 12 heteroatoms. The number of rotatable bonds is 9. The van der Waals surface area contributed by atoms with Gasteiger partial charge in [-0.15, -0.1) is 0 Å². The fourth-order valence-electron chi connectivity index (χ4n) is 3.17. The summed E-state index contributed by atoms with van der Waals surface area (Å²) >= 11 is 0. The molecule has 12 nitrogen and oxygen atoms in total. The number of anilines is 1. The van der Waals surface area contributed by atoms with E-state index in [1.165, 1.54) is 48.7 Å². The average Bonchev–Trinajstić information content (AvgIpc) is 3.33. The molecule has 4 aromatic rings. The summed E-state index contributed by atoms with van der Waals surface area (Å²) in [4.78, 5) is 38.0. The van der Waals surface area contributed by atoms with Gasteiger partial charge in [0, 0.05) is 24.4 Å². The molecule has 0 saturated carbocycles. The Morgan fingerprint density at radius 2 is 1.86 bits per heavy atom. The van der Waals surface area contributed by atoms with Gasteiger partial charge in [-0.2, -0.15) is 0 Å². The number of non-ortho nitro benzene ring substituents is 1. The van der Waals surface area contributed by atoms with Gasteiger partial charge in [0.15, 0.2) is 11.5 Å². The zero-order chi connectivity index (χ0) is 25.7. The number of furan rings is 1. The first-order chi connectivity index (χ1) is 17.3. The van der Waals surface area contributed by atoms with Crippen LogP contribution >= 0.6 is 0 Å². The largest absolute Gasteiger partial charge is 0.479 e. The van der Waals surface area contributed by atoms with E-state index in [0.717, 1.165) is 0 Å². The van der Waals surface area contributed by atoms with Crippen molar-refractivity contribution in [3.8, 4) is 17.2 Å². The Kier molecular flexibility index (Phi) is 6.86. The van der Waals surface area contributed by atoms with Gasteiger partial charge in [0.2, 0.25) is 0 Å². The smallest absolute Gasteiger partial charge is 0.311 e. The van der Waals surface area contributed by atoms with Crippen LogP contribution in [0, 0.1) is 27.2 Å². The van der Waals surface area contributed by atoms with Crippen molar-refractivity contribution in [3.05, 3.63) is 110 Å². The molecule has 0 radical (unpaired) electrons. The molecule has 0 saturated heterocycles. The van der Waals surface area contributed by atoms with Crippen LogP contribution in [-0.4, -0.2) is 20.7 Å². The number of carbonyl (C=O) groups is 1. The number of nitro benzene ring substituents is 2. The summed E-state index contributed by atoms with van der Waals surface area (Å²) in [6.07, 6.45) is 2.99. The number of aryl methyl sites for hydroxylation is 1. The van der Waals surface area contributed by atoms with Gasteiger partial charge in [-0.25, -0.2) is 0 Å². The first kappa shape index (κ1) is 23.9. The highest BCUT2D eigenvalue weighted by molar-refractivity contribution is 6.02. The van der Waals surface area contributed by atoms with Crippen molar-refractivity contribution in [2.45, 2.75) is 13.5 Å². The fourth-order valence-corrected chi connectivity index (χ4v) is 3.17. The highest BCUT2D eigenvalue weighted by atomic mass is 16.6. The third-order valence-corrected chi connectivity index (χ3v) is 4.80. The summed E-state index contributed by atoms with van der Waals surface area (Å²) in [7, 11) is 0. The van der Waals surface area contributed by atoms with Crippen molar-refractivity contribution in [2.75, 3.05) is 5.32 Å². The molecule has 0 unspecified atom stereocenters. The molecule has 1 N–H and O–H groups in total. The van der Waals surface area contributed by atoms with Crippen molar-refractivity contribution in [1.82, 2.24) is 4.98 Å². The SMILES string of the molecule is Cc1ccc(OCc2ccc(C(=O)Nc3cc(Oc4cccnc4)cc([N+](=O)[O-])c3)o2)c([N+](=O)[O-])c1. The van der Waals surface area contributed by atoms with Crippen LogP contribution in [0.25, 0.3) is 0 Å². The number of aromatic nitrogens is 1. The normalized spacial score (nSPS) is 10.5. The zero-order valence-electron chi connectivity index (χ0n) is 18.7. The maximum atomic E-state index is 12.7. The van der Waals surface area contributed by atoms with E-state index in [4.69, 9.17) is 13.9 Å². The van der Waals surface area contributed by atoms with Crippen LogP contribution in [-0.2, 0) is 6.61 Å². The Hall–Kier alpha value is -5.26. The van der Waals surface area contributed by atoms with E-state index in [1.54, 1.807) is 31.3 Å². The second-order valence-corrected chi connectivity index (χ2v) is 7.50. The van der Waals surface area contributed by atoms with Gasteiger partial charge in [0.1, 0.15) is 23.9 Å². The Bertz CT molecular complexity index is 1440. The number of benzene rings is 2. The standard InChI is InChI=1S/C24H18N4O8/c1-15-4-6-22(21(9-15)28(32)33)34-14-19-5-7-23(36-19)24(29)26-16-10-17(27(30)31)12-20(11-16)35-18-3-2-8-25-13-18/h2-13H,14H2,1H3,(H,26,29). The van der Waals surface area contributed by atoms with Gasteiger partial charge in [0.25, 0.3) is 11.6 Å². The maximum Gasteiger partial charge on any atom is 0.311 e. The summed E-state index contributed by atoms with van der Waals surface area (Å²) < 4.78 is 16.6. The van der Waals surface area contributed by atoms with Crippen LogP contribution in [0.5, 0.6) is 17.2 Å². The van der Waals surface area contributed by atoms with Crippen molar-refractivity contribution in [1.29, 1.82) is 0 Å². The van der Waals surface area contributed by atoms with Crippen LogP contribution in [0.4, 0.5) is 17.1 Å². The first-order valence-electron chi connectivity index (χ1n) is 10.4. The molecule has 2 aromatic heterocycles.